The van der Waals surface area contributed by atoms with Gasteiger partial charge < -0.3 is 4.98 Å². The van der Waals surface area contributed by atoms with E-state index in [0.29, 0.717) is 0 Å². The molecule has 0 atom stereocenters. The minimum Gasteiger partial charge on any atom is -0.354 e. The fraction of sp³-hybridized carbons (Fsp3) is 0.0233. The van der Waals surface area contributed by atoms with E-state index in [-0.39, 0.29) is 0 Å². The third-order valence-electron chi connectivity index (χ3n) is 9.66. The van der Waals surface area contributed by atoms with E-state index in [1.165, 1.54) is 54.9 Å². The first-order valence-corrected chi connectivity index (χ1v) is 15.8. The van der Waals surface area contributed by atoms with Crippen LogP contribution in [-0.2, 0) is 0 Å². The number of nitrogens with zero attached hydrogens (tertiary/aromatic N) is 2. The SMILES string of the molecule is Cc1cc2c([nH]c3ccccc32)c(-c2c(-c3ccccc3)ccc3c2-c2c4c(ccc2=N3)=c2ccccc2=N4)c1-c1ccccc1. The van der Waals surface area contributed by atoms with Crippen LogP contribution >= 0.6 is 0 Å². The second kappa shape index (κ2) is 9.47. The molecule has 3 nitrogen and oxygen atoms in total. The van der Waals surface area contributed by atoms with Crippen molar-refractivity contribution in [2.45, 2.75) is 6.92 Å². The summed E-state index contributed by atoms with van der Waals surface area (Å²) in [6.45, 7) is 2.25. The van der Waals surface area contributed by atoms with E-state index in [2.05, 4.69) is 151 Å². The molecule has 8 aromatic rings. The van der Waals surface area contributed by atoms with Gasteiger partial charge in [0.05, 0.1) is 27.6 Å². The van der Waals surface area contributed by atoms with E-state index in [9.17, 15) is 0 Å². The van der Waals surface area contributed by atoms with Gasteiger partial charge in [-0.1, -0.05) is 103 Å². The van der Waals surface area contributed by atoms with Crippen LogP contribution in [0.4, 0.5) is 11.4 Å². The number of benzene rings is 7. The van der Waals surface area contributed by atoms with E-state index >= 15 is 0 Å². The normalized spacial score (nSPS) is 12.4. The summed E-state index contributed by atoms with van der Waals surface area (Å²) in [4.78, 5) is 14.4. The van der Waals surface area contributed by atoms with Gasteiger partial charge in [0.1, 0.15) is 0 Å². The highest BCUT2D eigenvalue weighted by Crippen LogP contribution is 2.53. The summed E-state index contributed by atoms with van der Waals surface area (Å²) < 4.78 is 0. The van der Waals surface area contributed by atoms with Gasteiger partial charge in [-0.25, -0.2) is 9.98 Å². The van der Waals surface area contributed by atoms with E-state index in [4.69, 9.17) is 9.98 Å². The zero-order valence-electron chi connectivity index (χ0n) is 25.2. The number of H-pyrrole nitrogens is 1. The summed E-state index contributed by atoms with van der Waals surface area (Å²) >= 11 is 0. The average Bonchev–Trinajstić information content (AvgIpc) is 3.79. The van der Waals surface area contributed by atoms with Gasteiger partial charge in [-0.3, -0.25) is 0 Å². The quantitative estimate of drug-likeness (QED) is 0.214. The maximum atomic E-state index is 5.25. The number of para-hydroxylation sites is 2. The molecule has 0 bridgehead atoms. The van der Waals surface area contributed by atoms with Crippen LogP contribution in [0.1, 0.15) is 5.56 Å². The van der Waals surface area contributed by atoms with Crippen LogP contribution < -0.4 is 10.7 Å². The van der Waals surface area contributed by atoms with Crippen LogP contribution in [0, 0.1) is 17.4 Å². The van der Waals surface area contributed by atoms with Gasteiger partial charge in [0, 0.05) is 49.0 Å². The number of nitrogens with one attached hydrogen (secondary N) is 1. The molecule has 0 radical (unpaired) electrons. The zero-order chi connectivity index (χ0) is 30.4. The van der Waals surface area contributed by atoms with Crippen molar-refractivity contribution in [3.63, 3.8) is 0 Å². The van der Waals surface area contributed by atoms with Crippen LogP contribution in [-0.4, -0.2) is 4.98 Å². The second-order valence-corrected chi connectivity index (χ2v) is 12.2. The van der Waals surface area contributed by atoms with E-state index in [1.54, 1.807) is 0 Å². The Morgan fingerprint density at radius 2 is 1.22 bits per heavy atom. The number of hydrogen-bond acceptors (Lipinski definition) is 2. The van der Waals surface area contributed by atoms with Crippen molar-refractivity contribution in [2.75, 3.05) is 0 Å². The summed E-state index contributed by atoms with van der Waals surface area (Å²) in [7, 11) is 0. The number of aryl methyl sites for hydroxylation is 1. The van der Waals surface area contributed by atoms with E-state index < -0.39 is 0 Å². The van der Waals surface area contributed by atoms with Gasteiger partial charge in [0.15, 0.2) is 0 Å². The summed E-state index contributed by atoms with van der Waals surface area (Å²) in [5, 5.41) is 6.78. The standard InChI is InChI=1S/C43H27N3/c1-25-24-32-30-17-9-11-19-34(30)46-43(32)41(37(25)27-14-6-3-7-15-27)38-28(26-12-4-2-5-13-26)20-22-35-39(38)40-36(44-35)23-21-31-29-16-8-10-18-33(29)45-42(31)40/h2-24,46H,1H3. The Bertz CT molecular complexity index is 2790. The molecule has 0 unspecified atom stereocenters. The molecule has 0 fully saturated rings. The van der Waals surface area contributed by atoms with Crippen LogP contribution in [0.15, 0.2) is 150 Å². The lowest BCUT2D eigenvalue weighted by Crippen LogP contribution is -2.02. The number of aromatic amines is 1. The molecule has 214 valence electrons. The number of aromatic nitrogens is 1. The van der Waals surface area contributed by atoms with Gasteiger partial charge in [-0.2, -0.15) is 0 Å². The zero-order valence-corrected chi connectivity index (χ0v) is 25.2. The minimum atomic E-state index is 0.971. The molecular weight excluding hydrogens is 558 g/mol. The third kappa shape index (κ3) is 3.48. The Morgan fingerprint density at radius 1 is 0.478 bits per heavy atom. The Hall–Kier alpha value is -6.06. The van der Waals surface area contributed by atoms with Gasteiger partial charge in [0.25, 0.3) is 0 Å². The first kappa shape index (κ1) is 25.3. The minimum absolute atomic E-state index is 0.971. The van der Waals surface area contributed by atoms with Crippen LogP contribution in [0.2, 0.25) is 0 Å². The Morgan fingerprint density at radius 3 is 2.07 bits per heavy atom. The summed E-state index contributed by atoms with van der Waals surface area (Å²) in [5.41, 5.74) is 14.9. The second-order valence-electron chi connectivity index (χ2n) is 12.2. The Kier molecular flexibility index (Phi) is 5.20. The summed E-state index contributed by atoms with van der Waals surface area (Å²) in [5.74, 6) is 0. The molecule has 2 aliphatic heterocycles. The predicted molar refractivity (Wildman–Crippen MR) is 188 cm³/mol. The maximum Gasteiger partial charge on any atom is 0.0817 e. The van der Waals surface area contributed by atoms with Crippen LogP contribution in [0.3, 0.4) is 0 Å². The first-order chi connectivity index (χ1) is 22.7. The Balaban J connectivity index is 1.44. The number of fused-ring (bicyclic) bond motifs is 9. The largest absolute Gasteiger partial charge is 0.354 e. The van der Waals surface area contributed by atoms with Crippen LogP contribution in [0.25, 0.3) is 66.3 Å². The fourth-order valence-corrected chi connectivity index (χ4v) is 7.71. The highest BCUT2D eigenvalue weighted by molar-refractivity contribution is 6.19. The Labute approximate surface area is 265 Å². The van der Waals surface area contributed by atoms with Gasteiger partial charge in [-0.05, 0) is 71.1 Å². The molecule has 1 aromatic heterocycles. The first-order valence-electron chi connectivity index (χ1n) is 15.8. The smallest absolute Gasteiger partial charge is 0.0817 e. The lowest BCUT2D eigenvalue weighted by Gasteiger charge is -2.22. The molecule has 10 rings (SSSR count). The molecule has 3 heterocycles. The summed E-state index contributed by atoms with van der Waals surface area (Å²) in [6.07, 6.45) is 0. The summed E-state index contributed by atoms with van der Waals surface area (Å²) in [6, 6.07) is 49.8. The molecule has 3 heteroatoms. The fourth-order valence-electron chi connectivity index (χ4n) is 7.71. The van der Waals surface area contributed by atoms with Crippen molar-refractivity contribution < 1.29 is 0 Å². The molecule has 0 amide bonds. The molecule has 7 aromatic carbocycles. The van der Waals surface area contributed by atoms with Gasteiger partial charge in [-0.15, -0.1) is 0 Å². The lowest BCUT2D eigenvalue weighted by molar-refractivity contribution is 1.36. The molecule has 1 N–H and O–H groups in total. The van der Waals surface area contributed by atoms with Crippen molar-refractivity contribution in [2.24, 2.45) is 9.98 Å². The predicted octanol–water partition coefficient (Wildman–Crippen LogP) is 10.1. The van der Waals surface area contributed by atoms with Gasteiger partial charge in [0.2, 0.25) is 0 Å². The molecule has 46 heavy (non-hydrogen) atoms. The molecular formula is C43H27N3. The molecule has 0 saturated heterocycles. The van der Waals surface area contributed by atoms with Crippen molar-refractivity contribution in [1.82, 2.24) is 4.98 Å². The van der Waals surface area contributed by atoms with E-state index in [1.807, 2.05) is 0 Å². The van der Waals surface area contributed by atoms with Crippen molar-refractivity contribution in [3.05, 3.63) is 166 Å². The van der Waals surface area contributed by atoms with E-state index in [0.717, 1.165) is 49.5 Å². The number of hydrogen-bond donors (Lipinski definition) is 1. The average molecular weight is 586 g/mol. The molecule has 0 aliphatic carbocycles. The number of rotatable bonds is 3. The van der Waals surface area contributed by atoms with Crippen molar-refractivity contribution in [1.29, 1.82) is 0 Å². The topological polar surface area (TPSA) is 40.5 Å². The highest BCUT2D eigenvalue weighted by atomic mass is 14.8. The lowest BCUT2D eigenvalue weighted by atomic mass is 9.81. The van der Waals surface area contributed by atoms with Gasteiger partial charge >= 0.3 is 0 Å². The monoisotopic (exact) mass is 585 g/mol. The highest BCUT2D eigenvalue weighted by Gasteiger charge is 2.30. The molecule has 2 aliphatic rings. The molecule has 0 saturated carbocycles. The van der Waals surface area contributed by atoms with Crippen LogP contribution in [0.5, 0.6) is 0 Å². The third-order valence-corrected chi connectivity index (χ3v) is 9.66. The molecule has 0 spiro atoms. The van der Waals surface area contributed by atoms with Crippen molar-refractivity contribution in [3.8, 4) is 44.5 Å². The van der Waals surface area contributed by atoms with Crippen molar-refractivity contribution >= 4 is 33.2 Å². The maximum absolute atomic E-state index is 5.25.